The molecule has 6 rings (SSSR count). The van der Waals surface area contributed by atoms with Crippen molar-refractivity contribution in [3.05, 3.63) is 119 Å². The van der Waals surface area contributed by atoms with Crippen LogP contribution < -0.4 is 4.90 Å². The van der Waals surface area contributed by atoms with Gasteiger partial charge in [0.15, 0.2) is 0 Å². The molecule has 3 aromatic rings. The van der Waals surface area contributed by atoms with Crippen molar-refractivity contribution in [3.63, 3.8) is 0 Å². The Hall–Kier alpha value is -5.50. The van der Waals surface area contributed by atoms with Gasteiger partial charge in [0.25, 0.3) is 23.0 Å². The van der Waals surface area contributed by atoms with Crippen molar-refractivity contribution in [2.75, 3.05) is 31.2 Å². The van der Waals surface area contributed by atoms with Crippen molar-refractivity contribution in [2.45, 2.75) is 25.3 Å². The third-order valence-electron chi connectivity index (χ3n) is 8.37. The maximum atomic E-state index is 14.1. The van der Waals surface area contributed by atoms with Gasteiger partial charge in [0.05, 0.1) is 39.7 Å². The topological polar surface area (TPSA) is 175 Å². The number of anilines is 1. The van der Waals surface area contributed by atoms with Gasteiger partial charge in [0, 0.05) is 54.9 Å². The quantitative estimate of drug-likeness (QED) is 0.240. The number of hydrogen-bond acceptors (Lipinski definition) is 10. The molecule has 0 unspecified atom stereocenters. The van der Waals surface area contributed by atoms with Crippen molar-refractivity contribution in [1.29, 1.82) is 0 Å². The van der Waals surface area contributed by atoms with Crippen LogP contribution in [-0.2, 0) is 4.74 Å². The number of non-ortho nitro benzene ring substituents is 2. The summed E-state index contributed by atoms with van der Waals surface area (Å²) < 4.78 is 5.38. The first kappa shape index (κ1) is 29.6. The molecule has 14 nitrogen and oxygen atoms in total. The van der Waals surface area contributed by atoms with Crippen LogP contribution in [0.25, 0.3) is 6.08 Å². The Morgan fingerprint density at radius 3 is 2.13 bits per heavy atom. The zero-order chi connectivity index (χ0) is 31.7. The fraction of sp³-hybridized carbons (Fsp3) is 0.290. The molecule has 3 aliphatic rings. The summed E-state index contributed by atoms with van der Waals surface area (Å²) >= 11 is 0. The number of nitrogens with zero attached hydrogens (tertiary/aromatic N) is 6. The monoisotopic (exact) mass is 612 g/mol. The molecule has 0 spiro atoms. The highest BCUT2D eigenvalue weighted by Crippen LogP contribution is 2.45. The Balaban J connectivity index is 1.40. The minimum absolute atomic E-state index is 0.0272. The normalized spacial score (nSPS) is 20.4. The lowest BCUT2D eigenvalue weighted by Gasteiger charge is -2.30. The van der Waals surface area contributed by atoms with E-state index in [1.54, 1.807) is 36.4 Å². The summed E-state index contributed by atoms with van der Waals surface area (Å²) in [6, 6.07) is 15.9. The SMILES string of the molecule is O=C(c1ccc(N2CCOCC2)c([N+](=O)[O-])c1)N1N=C2/C(=C/c3ccc([N+](=O)[O-])cc3)CCC[C@H]2[C@@H]1c1ccc([N+](=O)[O-])cc1. The Bertz CT molecular complexity index is 1730. The average molecular weight is 613 g/mol. The van der Waals surface area contributed by atoms with E-state index in [-0.39, 0.29) is 28.5 Å². The van der Waals surface area contributed by atoms with E-state index in [1.807, 2.05) is 11.0 Å². The number of hydrazone groups is 1. The van der Waals surface area contributed by atoms with Crippen LogP contribution in [-0.4, -0.2) is 57.7 Å². The van der Waals surface area contributed by atoms with Crippen molar-refractivity contribution in [1.82, 2.24) is 5.01 Å². The number of nitro benzene ring substituents is 3. The number of fused-ring (bicyclic) bond motifs is 1. The molecule has 0 bridgehead atoms. The molecular weight excluding hydrogens is 584 g/mol. The van der Waals surface area contributed by atoms with Gasteiger partial charge in [-0.3, -0.25) is 35.1 Å². The average Bonchev–Trinajstić information content (AvgIpc) is 3.45. The molecule has 2 heterocycles. The van der Waals surface area contributed by atoms with Crippen LogP contribution in [0, 0.1) is 36.3 Å². The summed E-state index contributed by atoms with van der Waals surface area (Å²) in [7, 11) is 0. The van der Waals surface area contributed by atoms with Crippen molar-refractivity contribution >= 4 is 40.4 Å². The van der Waals surface area contributed by atoms with E-state index in [4.69, 9.17) is 9.84 Å². The van der Waals surface area contributed by atoms with Crippen molar-refractivity contribution in [3.8, 4) is 0 Å². The minimum atomic E-state index is -0.605. The molecule has 1 aliphatic carbocycles. The number of rotatable bonds is 7. The number of carbonyl (C=O) groups is 1. The molecule has 3 aromatic carbocycles. The predicted molar refractivity (Wildman–Crippen MR) is 164 cm³/mol. The lowest BCUT2D eigenvalue weighted by atomic mass is 9.77. The van der Waals surface area contributed by atoms with Crippen LogP contribution in [0.5, 0.6) is 0 Å². The van der Waals surface area contributed by atoms with Crippen LogP contribution in [0.1, 0.15) is 46.8 Å². The molecule has 0 N–H and O–H groups in total. The molecule has 0 aromatic heterocycles. The largest absolute Gasteiger partial charge is 0.378 e. The van der Waals surface area contributed by atoms with Gasteiger partial charge < -0.3 is 9.64 Å². The van der Waals surface area contributed by atoms with E-state index in [0.29, 0.717) is 56.1 Å². The van der Waals surface area contributed by atoms with E-state index >= 15 is 0 Å². The third kappa shape index (κ3) is 5.87. The molecule has 1 saturated carbocycles. The number of morpholine rings is 1. The molecule has 230 valence electrons. The lowest BCUT2D eigenvalue weighted by Crippen LogP contribution is -2.36. The number of ether oxygens (including phenoxy) is 1. The Labute approximate surface area is 256 Å². The maximum absolute atomic E-state index is 14.1. The van der Waals surface area contributed by atoms with Gasteiger partial charge in [0.2, 0.25) is 0 Å². The second-order valence-corrected chi connectivity index (χ2v) is 11.0. The molecule has 0 radical (unpaired) electrons. The zero-order valence-corrected chi connectivity index (χ0v) is 24.0. The number of carbonyl (C=O) groups excluding carboxylic acids is 1. The van der Waals surface area contributed by atoms with Gasteiger partial charge >= 0.3 is 0 Å². The predicted octanol–water partition coefficient (Wildman–Crippen LogP) is 5.68. The maximum Gasteiger partial charge on any atom is 0.293 e. The fourth-order valence-electron chi connectivity index (χ4n) is 6.19. The first-order chi connectivity index (χ1) is 21.7. The van der Waals surface area contributed by atoms with Gasteiger partial charge in [-0.2, -0.15) is 5.10 Å². The van der Waals surface area contributed by atoms with E-state index in [0.717, 1.165) is 17.6 Å². The summed E-state index contributed by atoms with van der Waals surface area (Å²) in [5.41, 5.74) is 3.12. The molecule has 1 amide bonds. The van der Waals surface area contributed by atoms with Crippen LogP contribution in [0.3, 0.4) is 0 Å². The summed E-state index contributed by atoms with van der Waals surface area (Å²) in [4.78, 5) is 49.1. The van der Waals surface area contributed by atoms with Gasteiger partial charge in [-0.15, -0.1) is 0 Å². The third-order valence-corrected chi connectivity index (χ3v) is 8.37. The highest BCUT2D eigenvalue weighted by Gasteiger charge is 2.44. The molecule has 1 saturated heterocycles. The minimum Gasteiger partial charge on any atom is -0.378 e. The highest BCUT2D eigenvalue weighted by molar-refractivity contribution is 6.09. The lowest BCUT2D eigenvalue weighted by molar-refractivity contribution is -0.385. The number of hydrogen-bond donors (Lipinski definition) is 0. The second kappa shape index (κ2) is 12.2. The zero-order valence-electron chi connectivity index (χ0n) is 24.0. The molecular formula is C31H28N6O8. The van der Waals surface area contributed by atoms with E-state index in [2.05, 4.69) is 0 Å². The Morgan fingerprint density at radius 1 is 0.867 bits per heavy atom. The van der Waals surface area contributed by atoms with Gasteiger partial charge in [0.1, 0.15) is 5.69 Å². The van der Waals surface area contributed by atoms with Crippen LogP contribution in [0.4, 0.5) is 22.7 Å². The summed E-state index contributed by atoms with van der Waals surface area (Å²) in [6.07, 6.45) is 4.05. The molecule has 14 heteroatoms. The summed E-state index contributed by atoms with van der Waals surface area (Å²) in [5.74, 6) is -0.775. The van der Waals surface area contributed by atoms with E-state index in [9.17, 15) is 35.1 Å². The smallest absolute Gasteiger partial charge is 0.293 e. The van der Waals surface area contributed by atoms with Gasteiger partial charge in [-0.1, -0.05) is 12.1 Å². The number of amides is 1. The highest BCUT2D eigenvalue weighted by atomic mass is 16.6. The number of nitro groups is 3. The molecule has 45 heavy (non-hydrogen) atoms. The van der Waals surface area contributed by atoms with Gasteiger partial charge in [-0.25, -0.2) is 5.01 Å². The van der Waals surface area contributed by atoms with Crippen LogP contribution >= 0.6 is 0 Å². The molecule has 2 aliphatic heterocycles. The number of allylic oxidation sites excluding steroid dienone is 1. The van der Waals surface area contributed by atoms with Crippen molar-refractivity contribution in [2.24, 2.45) is 11.0 Å². The fourth-order valence-corrected chi connectivity index (χ4v) is 6.19. The first-order valence-corrected chi connectivity index (χ1v) is 14.4. The van der Waals surface area contributed by atoms with E-state index < -0.39 is 26.7 Å². The van der Waals surface area contributed by atoms with E-state index in [1.165, 1.54) is 35.3 Å². The molecule has 2 fully saturated rings. The Kier molecular flexibility index (Phi) is 8.04. The summed E-state index contributed by atoms with van der Waals surface area (Å²) in [5, 5.41) is 40.7. The Morgan fingerprint density at radius 2 is 1.51 bits per heavy atom. The van der Waals surface area contributed by atoms with Crippen LogP contribution in [0.2, 0.25) is 0 Å². The first-order valence-electron chi connectivity index (χ1n) is 14.4. The summed E-state index contributed by atoms with van der Waals surface area (Å²) in [6.45, 7) is 1.86. The standard InChI is InChI=1S/C31H28N6O8/c38-31(23-8-13-27(28(19-23)37(43)44)33-14-16-45-17-15-33)34-30(21-6-11-25(12-7-21)36(41)42)26-3-1-2-22(29(26)32-34)18-20-4-9-24(10-5-20)35(39)40/h4-13,18-19,26,30H,1-3,14-17H2/b22-18+/t26-,30+/m1/s1. The number of benzene rings is 3. The second-order valence-electron chi connectivity index (χ2n) is 11.0. The van der Waals surface area contributed by atoms with Gasteiger partial charge in [-0.05, 0) is 66.3 Å². The van der Waals surface area contributed by atoms with Crippen LogP contribution in [0.15, 0.2) is 77.4 Å². The van der Waals surface area contributed by atoms with Crippen molar-refractivity contribution < 1.29 is 24.3 Å². The molecule has 2 atom stereocenters.